The second-order valence-corrected chi connectivity index (χ2v) is 4.09. The molecule has 0 aromatic carbocycles. The van der Waals surface area contributed by atoms with Gasteiger partial charge in [-0.3, -0.25) is 14.5 Å². The van der Waals surface area contributed by atoms with Gasteiger partial charge < -0.3 is 10.8 Å². The van der Waals surface area contributed by atoms with Gasteiger partial charge in [0.25, 0.3) is 0 Å². The van der Waals surface area contributed by atoms with Crippen molar-refractivity contribution in [3.8, 4) is 0 Å². The summed E-state index contributed by atoms with van der Waals surface area (Å²) in [6.07, 6.45) is 2.57. The van der Waals surface area contributed by atoms with E-state index in [1.54, 1.807) is 4.90 Å². The molecule has 0 aromatic rings. The van der Waals surface area contributed by atoms with Crippen LogP contribution in [0.2, 0.25) is 0 Å². The first-order valence-electron chi connectivity index (χ1n) is 5.29. The van der Waals surface area contributed by atoms with Crippen molar-refractivity contribution in [2.75, 3.05) is 13.1 Å². The van der Waals surface area contributed by atoms with Gasteiger partial charge in [-0.15, -0.1) is 0 Å². The number of piperidine rings is 1. The highest BCUT2D eigenvalue weighted by atomic mass is 16.4. The highest BCUT2D eigenvalue weighted by molar-refractivity contribution is 5.78. The minimum atomic E-state index is -0.852. The van der Waals surface area contributed by atoms with E-state index >= 15 is 0 Å². The summed E-state index contributed by atoms with van der Waals surface area (Å²) in [7, 11) is 0. The van der Waals surface area contributed by atoms with Gasteiger partial charge in [-0.2, -0.15) is 0 Å². The Morgan fingerprint density at radius 3 is 2.67 bits per heavy atom. The smallest absolute Gasteiger partial charge is 0.320 e. The van der Waals surface area contributed by atoms with Crippen LogP contribution in [0.1, 0.15) is 26.2 Å². The zero-order valence-corrected chi connectivity index (χ0v) is 8.98. The topological polar surface area (TPSA) is 83.6 Å². The average molecular weight is 214 g/mol. The van der Waals surface area contributed by atoms with Crippen molar-refractivity contribution in [1.29, 1.82) is 0 Å². The molecule has 0 bridgehead atoms. The van der Waals surface area contributed by atoms with E-state index < -0.39 is 17.9 Å². The van der Waals surface area contributed by atoms with E-state index in [1.165, 1.54) is 0 Å². The van der Waals surface area contributed by atoms with Crippen molar-refractivity contribution in [1.82, 2.24) is 4.90 Å². The van der Waals surface area contributed by atoms with E-state index in [0.29, 0.717) is 18.9 Å². The highest BCUT2D eigenvalue weighted by Crippen LogP contribution is 2.25. The van der Waals surface area contributed by atoms with Gasteiger partial charge in [0.2, 0.25) is 5.91 Å². The molecule has 2 unspecified atom stereocenters. The van der Waals surface area contributed by atoms with Gasteiger partial charge in [-0.25, -0.2) is 0 Å². The van der Waals surface area contributed by atoms with Crippen LogP contribution < -0.4 is 5.73 Å². The Hall–Kier alpha value is -1.10. The number of nitrogens with zero attached hydrogens (tertiary/aromatic N) is 1. The zero-order chi connectivity index (χ0) is 11.4. The van der Waals surface area contributed by atoms with Crippen molar-refractivity contribution < 1.29 is 14.7 Å². The molecular formula is C10H18N2O3. The summed E-state index contributed by atoms with van der Waals surface area (Å²) in [5.74, 6) is -0.860. The Morgan fingerprint density at radius 2 is 2.20 bits per heavy atom. The molecule has 1 fully saturated rings. The largest absolute Gasteiger partial charge is 0.480 e. The van der Waals surface area contributed by atoms with Crippen LogP contribution in [0.25, 0.3) is 0 Å². The number of rotatable bonds is 4. The molecule has 1 rings (SSSR count). The van der Waals surface area contributed by atoms with Gasteiger partial charge in [0.05, 0.1) is 6.54 Å². The molecule has 0 saturated carbocycles. The number of aliphatic carboxylic acids is 1. The monoisotopic (exact) mass is 214 g/mol. The molecule has 1 heterocycles. The number of carboxylic acids is 1. The minimum Gasteiger partial charge on any atom is -0.480 e. The lowest BCUT2D eigenvalue weighted by Crippen LogP contribution is -2.50. The number of carbonyl (C=O) groups excluding carboxylic acids is 1. The first-order valence-corrected chi connectivity index (χ1v) is 5.29. The lowest BCUT2D eigenvalue weighted by molar-refractivity contribution is -0.146. The van der Waals surface area contributed by atoms with Gasteiger partial charge in [0.15, 0.2) is 0 Å². The Kier molecular flexibility index (Phi) is 4.08. The predicted octanol–water partition coefficient (Wildman–Crippen LogP) is 0.0469. The quantitative estimate of drug-likeness (QED) is 0.692. The van der Waals surface area contributed by atoms with Crippen LogP contribution >= 0.6 is 0 Å². The molecule has 0 aliphatic carbocycles. The minimum absolute atomic E-state index is 0.0490. The molecule has 0 spiro atoms. The second-order valence-electron chi connectivity index (χ2n) is 4.09. The maximum absolute atomic E-state index is 11.0. The van der Waals surface area contributed by atoms with Crippen LogP contribution in [0.5, 0.6) is 0 Å². The number of hydrogen-bond acceptors (Lipinski definition) is 3. The summed E-state index contributed by atoms with van der Waals surface area (Å²) in [4.78, 5) is 23.5. The first-order chi connectivity index (χ1) is 7.04. The predicted molar refractivity (Wildman–Crippen MR) is 55.2 cm³/mol. The Bertz CT molecular complexity index is 255. The fourth-order valence-corrected chi connectivity index (χ4v) is 2.10. The van der Waals surface area contributed by atoms with E-state index in [-0.39, 0.29) is 6.54 Å². The molecule has 86 valence electrons. The molecule has 15 heavy (non-hydrogen) atoms. The molecule has 0 radical (unpaired) electrons. The molecule has 1 saturated heterocycles. The number of hydrogen-bond donors (Lipinski definition) is 2. The molecule has 1 aliphatic heterocycles. The molecule has 1 aliphatic rings. The number of nitrogens with two attached hydrogens (primary N) is 1. The zero-order valence-electron chi connectivity index (χ0n) is 8.98. The number of amides is 1. The summed E-state index contributed by atoms with van der Waals surface area (Å²) < 4.78 is 0. The van der Waals surface area contributed by atoms with Crippen molar-refractivity contribution >= 4 is 11.9 Å². The van der Waals surface area contributed by atoms with Crippen molar-refractivity contribution in [2.24, 2.45) is 11.7 Å². The van der Waals surface area contributed by atoms with E-state index in [2.05, 4.69) is 6.92 Å². The van der Waals surface area contributed by atoms with Gasteiger partial charge in [-0.05, 0) is 25.3 Å². The summed E-state index contributed by atoms with van der Waals surface area (Å²) in [6, 6.07) is -0.545. The molecule has 3 N–H and O–H groups in total. The lowest BCUT2D eigenvalue weighted by atomic mass is 9.89. The normalized spacial score (nSPS) is 27.5. The standard InChI is InChI=1S/C10H18N2O3/c1-2-7-3-4-12(6-9(11)13)8(5-7)10(14)15/h7-8H,2-6H2,1H3,(H2,11,13)(H,14,15). The fraction of sp³-hybridized carbons (Fsp3) is 0.800. The SMILES string of the molecule is CCC1CCN(CC(N)=O)C(C(=O)O)C1. The molecule has 5 nitrogen and oxygen atoms in total. The molecule has 2 atom stereocenters. The van der Waals surface area contributed by atoms with E-state index in [4.69, 9.17) is 10.8 Å². The van der Waals surface area contributed by atoms with Crippen LogP contribution in [-0.2, 0) is 9.59 Å². The first kappa shape index (κ1) is 12.0. The Labute approximate surface area is 89.2 Å². The third-order valence-corrected chi connectivity index (χ3v) is 3.04. The second kappa shape index (κ2) is 5.11. The molecular weight excluding hydrogens is 196 g/mol. The summed E-state index contributed by atoms with van der Waals surface area (Å²) in [5, 5.41) is 9.04. The Morgan fingerprint density at radius 1 is 1.53 bits per heavy atom. The highest BCUT2D eigenvalue weighted by Gasteiger charge is 2.33. The molecule has 5 heteroatoms. The Balaban J connectivity index is 2.63. The molecule has 1 amide bonds. The fourth-order valence-electron chi connectivity index (χ4n) is 2.10. The summed E-state index contributed by atoms with van der Waals surface area (Å²) >= 11 is 0. The van der Waals surface area contributed by atoms with Gasteiger partial charge in [0, 0.05) is 0 Å². The maximum atomic E-state index is 11.0. The van der Waals surface area contributed by atoms with Crippen LogP contribution in [0.3, 0.4) is 0 Å². The summed E-state index contributed by atoms with van der Waals surface area (Å²) in [6.45, 7) is 2.76. The van der Waals surface area contributed by atoms with E-state index in [9.17, 15) is 9.59 Å². The maximum Gasteiger partial charge on any atom is 0.320 e. The summed E-state index contributed by atoms with van der Waals surface area (Å²) in [5.41, 5.74) is 5.08. The van der Waals surface area contributed by atoms with Crippen LogP contribution in [0.15, 0.2) is 0 Å². The molecule has 0 aromatic heterocycles. The van der Waals surface area contributed by atoms with E-state index in [0.717, 1.165) is 12.8 Å². The lowest BCUT2D eigenvalue weighted by Gasteiger charge is -2.36. The van der Waals surface area contributed by atoms with Gasteiger partial charge in [0.1, 0.15) is 6.04 Å². The van der Waals surface area contributed by atoms with Gasteiger partial charge >= 0.3 is 5.97 Å². The average Bonchev–Trinajstić information content (AvgIpc) is 2.17. The number of carbonyl (C=O) groups is 2. The van der Waals surface area contributed by atoms with Crippen LogP contribution in [-0.4, -0.2) is 41.0 Å². The van der Waals surface area contributed by atoms with E-state index in [1.807, 2.05) is 0 Å². The van der Waals surface area contributed by atoms with Crippen LogP contribution in [0.4, 0.5) is 0 Å². The number of primary amides is 1. The van der Waals surface area contributed by atoms with Gasteiger partial charge in [-0.1, -0.05) is 13.3 Å². The number of likely N-dealkylation sites (tertiary alicyclic amines) is 1. The third-order valence-electron chi connectivity index (χ3n) is 3.04. The van der Waals surface area contributed by atoms with Crippen molar-refractivity contribution in [2.45, 2.75) is 32.2 Å². The third kappa shape index (κ3) is 3.20. The van der Waals surface area contributed by atoms with Crippen molar-refractivity contribution in [3.05, 3.63) is 0 Å². The van der Waals surface area contributed by atoms with Crippen molar-refractivity contribution in [3.63, 3.8) is 0 Å². The van der Waals surface area contributed by atoms with Crippen LogP contribution in [0, 0.1) is 5.92 Å². The number of carboxylic acid groups (broad SMARTS) is 1.